The van der Waals surface area contributed by atoms with Crippen LogP contribution in [0.1, 0.15) is 31.2 Å². The van der Waals surface area contributed by atoms with Crippen LogP contribution in [0.4, 0.5) is 5.82 Å². The second kappa shape index (κ2) is 5.99. The number of hydrogen-bond donors (Lipinski definition) is 2. The van der Waals surface area contributed by atoms with E-state index in [1.54, 1.807) is 30.3 Å². The van der Waals surface area contributed by atoms with Crippen molar-refractivity contribution in [2.45, 2.75) is 19.8 Å². The maximum atomic E-state index is 8.75. The molecule has 0 aliphatic rings. The van der Waals surface area contributed by atoms with Gasteiger partial charge < -0.3 is 10.2 Å². The van der Waals surface area contributed by atoms with E-state index >= 15 is 0 Å². The van der Waals surface area contributed by atoms with Crippen molar-refractivity contribution < 1.29 is 4.74 Å². The summed E-state index contributed by atoms with van der Waals surface area (Å²) < 4.78 is 5.66. The van der Waals surface area contributed by atoms with Crippen LogP contribution >= 0.6 is 0 Å². The number of nitrogens with one attached hydrogen (secondary N) is 1. The number of rotatable bonds is 4. The summed E-state index contributed by atoms with van der Waals surface area (Å²) in [5.41, 5.74) is 3.07. The number of benzene rings is 1. The lowest BCUT2D eigenvalue weighted by molar-refractivity contribution is 0.457. The molecular weight excluding hydrogens is 254 g/mol. The quantitative estimate of drug-likeness (QED) is 0.654. The molecule has 2 aromatic rings. The molecule has 0 unspecified atom stereocenters. The number of ether oxygens (including phenoxy) is 1. The molecule has 0 radical (unpaired) electrons. The van der Waals surface area contributed by atoms with E-state index in [0.717, 1.165) is 0 Å². The van der Waals surface area contributed by atoms with Gasteiger partial charge in [-0.15, -0.1) is 0 Å². The molecule has 20 heavy (non-hydrogen) atoms. The minimum atomic E-state index is 0.159. The first kappa shape index (κ1) is 13.8. The van der Waals surface area contributed by atoms with Gasteiger partial charge in [0.15, 0.2) is 0 Å². The third kappa shape index (κ3) is 3.22. The highest BCUT2D eigenvalue weighted by Crippen LogP contribution is 2.23. The Bertz CT molecular complexity index is 631. The fraction of sp³-hybridized carbons (Fsp3) is 0.214. The van der Waals surface area contributed by atoms with Gasteiger partial charge >= 0.3 is 0 Å². The SMILES string of the molecule is CC(C)c1nc(NN)cc(Oc2ccc(C#N)cc2)n1. The molecule has 2 rings (SSSR count). The van der Waals surface area contributed by atoms with E-state index in [9.17, 15) is 0 Å². The number of hydrogen-bond acceptors (Lipinski definition) is 6. The monoisotopic (exact) mass is 269 g/mol. The Morgan fingerprint density at radius 2 is 1.95 bits per heavy atom. The minimum absolute atomic E-state index is 0.159. The third-order valence-electron chi connectivity index (χ3n) is 2.59. The largest absolute Gasteiger partial charge is 0.439 e. The molecule has 0 atom stereocenters. The summed E-state index contributed by atoms with van der Waals surface area (Å²) in [5.74, 6) is 7.68. The van der Waals surface area contributed by atoms with E-state index in [-0.39, 0.29) is 5.92 Å². The number of nitriles is 1. The van der Waals surface area contributed by atoms with Crippen molar-refractivity contribution >= 4 is 5.82 Å². The Hall–Kier alpha value is -2.65. The zero-order chi connectivity index (χ0) is 14.5. The van der Waals surface area contributed by atoms with Gasteiger partial charge in [-0.3, -0.25) is 0 Å². The zero-order valence-electron chi connectivity index (χ0n) is 11.3. The van der Waals surface area contributed by atoms with Gasteiger partial charge in [-0.1, -0.05) is 13.8 Å². The van der Waals surface area contributed by atoms with Gasteiger partial charge in [0.1, 0.15) is 17.4 Å². The van der Waals surface area contributed by atoms with Crippen molar-refractivity contribution in [3.63, 3.8) is 0 Å². The molecule has 3 N–H and O–H groups in total. The second-order valence-electron chi connectivity index (χ2n) is 4.49. The summed E-state index contributed by atoms with van der Waals surface area (Å²) in [6.45, 7) is 3.97. The van der Waals surface area contributed by atoms with Gasteiger partial charge in [-0.25, -0.2) is 10.8 Å². The van der Waals surface area contributed by atoms with E-state index in [1.165, 1.54) is 0 Å². The maximum absolute atomic E-state index is 8.75. The number of nitrogens with zero attached hydrogens (tertiary/aromatic N) is 3. The lowest BCUT2D eigenvalue weighted by Gasteiger charge is -2.10. The first-order valence-corrected chi connectivity index (χ1v) is 6.16. The molecule has 0 fully saturated rings. The van der Waals surface area contributed by atoms with Gasteiger partial charge in [-0.05, 0) is 24.3 Å². The first-order chi connectivity index (χ1) is 9.62. The minimum Gasteiger partial charge on any atom is -0.439 e. The standard InChI is InChI=1S/C14H15N5O/c1-9(2)14-17-12(19-16)7-13(18-14)20-11-5-3-10(8-15)4-6-11/h3-7,9H,16H2,1-2H3,(H,17,18,19). The van der Waals surface area contributed by atoms with Crippen LogP contribution < -0.4 is 16.0 Å². The third-order valence-corrected chi connectivity index (χ3v) is 2.59. The molecule has 102 valence electrons. The highest BCUT2D eigenvalue weighted by Gasteiger charge is 2.09. The van der Waals surface area contributed by atoms with Crippen LogP contribution in [0.3, 0.4) is 0 Å². The number of anilines is 1. The van der Waals surface area contributed by atoms with Crippen LogP contribution in [0.25, 0.3) is 0 Å². The molecule has 0 aliphatic carbocycles. The van der Waals surface area contributed by atoms with Gasteiger partial charge in [0, 0.05) is 12.0 Å². The van der Waals surface area contributed by atoms with Crippen molar-refractivity contribution in [1.29, 1.82) is 5.26 Å². The molecule has 0 amide bonds. The Morgan fingerprint density at radius 3 is 2.50 bits per heavy atom. The smallest absolute Gasteiger partial charge is 0.224 e. The lowest BCUT2D eigenvalue weighted by Crippen LogP contribution is -2.11. The molecule has 0 saturated heterocycles. The summed E-state index contributed by atoms with van der Waals surface area (Å²) in [6, 6.07) is 10.5. The molecule has 0 aliphatic heterocycles. The van der Waals surface area contributed by atoms with Crippen molar-refractivity contribution in [3.05, 3.63) is 41.7 Å². The van der Waals surface area contributed by atoms with Gasteiger partial charge in [0.2, 0.25) is 5.88 Å². The van der Waals surface area contributed by atoms with Crippen molar-refractivity contribution in [2.75, 3.05) is 5.43 Å². The van der Waals surface area contributed by atoms with Crippen LogP contribution in [-0.4, -0.2) is 9.97 Å². The van der Waals surface area contributed by atoms with Crippen LogP contribution in [0.5, 0.6) is 11.6 Å². The summed E-state index contributed by atoms with van der Waals surface area (Å²) in [5, 5.41) is 8.75. The summed E-state index contributed by atoms with van der Waals surface area (Å²) in [4.78, 5) is 8.57. The van der Waals surface area contributed by atoms with Crippen LogP contribution in [0.15, 0.2) is 30.3 Å². The Balaban J connectivity index is 2.27. The molecule has 1 heterocycles. The molecule has 1 aromatic carbocycles. The average molecular weight is 269 g/mol. The van der Waals surface area contributed by atoms with E-state index in [2.05, 4.69) is 21.5 Å². The number of nitrogen functional groups attached to an aromatic ring is 1. The summed E-state index contributed by atoms with van der Waals surface area (Å²) in [6.07, 6.45) is 0. The van der Waals surface area contributed by atoms with Gasteiger partial charge in [0.05, 0.1) is 11.6 Å². The normalized spacial score (nSPS) is 10.2. The number of nitrogens with two attached hydrogens (primary N) is 1. The van der Waals surface area contributed by atoms with Crippen LogP contribution in [-0.2, 0) is 0 Å². The number of aromatic nitrogens is 2. The molecule has 6 heteroatoms. The lowest BCUT2D eigenvalue weighted by atomic mass is 10.2. The van der Waals surface area contributed by atoms with E-state index in [4.69, 9.17) is 15.8 Å². The molecule has 0 bridgehead atoms. The molecule has 6 nitrogen and oxygen atoms in total. The highest BCUT2D eigenvalue weighted by molar-refractivity contribution is 5.40. The first-order valence-electron chi connectivity index (χ1n) is 6.16. The molecular formula is C14H15N5O. The van der Waals surface area contributed by atoms with Crippen LogP contribution in [0, 0.1) is 11.3 Å². The summed E-state index contributed by atoms with van der Waals surface area (Å²) >= 11 is 0. The average Bonchev–Trinajstić information content (AvgIpc) is 2.47. The topological polar surface area (TPSA) is 96.9 Å². The Labute approximate surface area is 117 Å². The van der Waals surface area contributed by atoms with Gasteiger partial charge in [0.25, 0.3) is 0 Å². The highest BCUT2D eigenvalue weighted by atomic mass is 16.5. The molecule has 1 aromatic heterocycles. The van der Waals surface area contributed by atoms with E-state index < -0.39 is 0 Å². The van der Waals surface area contributed by atoms with E-state index in [0.29, 0.717) is 28.8 Å². The predicted octanol–water partition coefficient (Wildman–Crippen LogP) is 2.55. The second-order valence-corrected chi connectivity index (χ2v) is 4.49. The van der Waals surface area contributed by atoms with Crippen molar-refractivity contribution in [3.8, 4) is 17.7 Å². The fourth-order valence-electron chi connectivity index (χ4n) is 1.55. The van der Waals surface area contributed by atoms with Crippen LogP contribution in [0.2, 0.25) is 0 Å². The van der Waals surface area contributed by atoms with Crippen molar-refractivity contribution in [1.82, 2.24) is 9.97 Å². The Kier molecular flexibility index (Phi) is 4.13. The Morgan fingerprint density at radius 1 is 1.25 bits per heavy atom. The predicted molar refractivity (Wildman–Crippen MR) is 75.2 cm³/mol. The fourth-order valence-corrected chi connectivity index (χ4v) is 1.55. The molecule has 0 spiro atoms. The number of hydrazine groups is 1. The van der Waals surface area contributed by atoms with E-state index in [1.807, 2.05) is 13.8 Å². The maximum Gasteiger partial charge on any atom is 0.224 e. The molecule has 0 saturated carbocycles. The van der Waals surface area contributed by atoms with Crippen molar-refractivity contribution in [2.24, 2.45) is 5.84 Å². The zero-order valence-corrected chi connectivity index (χ0v) is 11.3. The summed E-state index contributed by atoms with van der Waals surface area (Å²) in [7, 11) is 0. The van der Waals surface area contributed by atoms with Gasteiger partial charge in [-0.2, -0.15) is 10.2 Å².